The average molecular weight is 463 g/mol. The normalized spacial score (nSPS) is 16.2. The van der Waals surface area contributed by atoms with Gasteiger partial charge in [-0.15, -0.1) is 24.0 Å². The Morgan fingerprint density at radius 1 is 1.28 bits per heavy atom. The molecule has 1 aromatic rings. The fourth-order valence-corrected chi connectivity index (χ4v) is 2.94. The maximum Gasteiger partial charge on any atom is 0.194 e. The van der Waals surface area contributed by atoms with E-state index >= 15 is 0 Å². The molecule has 1 aliphatic heterocycles. The number of hydrogen-bond donors (Lipinski definition) is 1. The molecule has 25 heavy (non-hydrogen) atoms. The van der Waals surface area contributed by atoms with Crippen molar-refractivity contribution < 1.29 is 4.52 Å². The van der Waals surface area contributed by atoms with Crippen molar-refractivity contribution in [3.63, 3.8) is 0 Å². The summed E-state index contributed by atoms with van der Waals surface area (Å²) >= 11 is 0. The maximum absolute atomic E-state index is 4.91. The molecule has 0 unspecified atom stereocenters. The highest BCUT2D eigenvalue weighted by molar-refractivity contribution is 14.0. The highest BCUT2D eigenvalue weighted by Gasteiger charge is 2.20. The van der Waals surface area contributed by atoms with Crippen LogP contribution in [-0.4, -0.2) is 60.2 Å². The number of aliphatic imine (C=N–C) groups is 1. The molecule has 7 heteroatoms. The van der Waals surface area contributed by atoms with Crippen LogP contribution in [0.25, 0.3) is 0 Å². The second-order valence-corrected chi connectivity index (χ2v) is 6.88. The molecule has 0 radical (unpaired) electrons. The van der Waals surface area contributed by atoms with Gasteiger partial charge in [0.15, 0.2) is 5.96 Å². The molecule has 6 nitrogen and oxygen atoms in total. The zero-order valence-electron chi connectivity index (χ0n) is 15.9. The quantitative estimate of drug-likeness (QED) is 0.278. The SMILES string of the molecule is CCNC(=NCCCCC(C)C)N1CCN(Cc2ccon2)CC1.I. The Morgan fingerprint density at radius 3 is 2.64 bits per heavy atom. The lowest BCUT2D eigenvalue weighted by Crippen LogP contribution is -2.52. The molecule has 0 saturated carbocycles. The van der Waals surface area contributed by atoms with Gasteiger partial charge in [-0.2, -0.15) is 0 Å². The molecule has 1 aliphatic rings. The van der Waals surface area contributed by atoms with E-state index in [-0.39, 0.29) is 24.0 Å². The molecule has 2 heterocycles. The van der Waals surface area contributed by atoms with Gasteiger partial charge < -0.3 is 14.7 Å². The van der Waals surface area contributed by atoms with Crippen molar-refractivity contribution in [3.8, 4) is 0 Å². The van der Waals surface area contributed by atoms with Crippen LogP contribution in [0.2, 0.25) is 0 Å². The molecule has 1 saturated heterocycles. The molecule has 0 spiro atoms. The van der Waals surface area contributed by atoms with Gasteiger partial charge in [0, 0.05) is 51.9 Å². The van der Waals surface area contributed by atoms with Gasteiger partial charge in [-0.3, -0.25) is 9.89 Å². The van der Waals surface area contributed by atoms with Gasteiger partial charge in [0.05, 0.1) is 5.69 Å². The summed E-state index contributed by atoms with van der Waals surface area (Å²) in [5.74, 6) is 1.86. The molecule has 0 amide bonds. The Bertz CT molecular complexity index is 470. The van der Waals surface area contributed by atoms with Crippen LogP contribution in [0.1, 0.15) is 45.7 Å². The Hall–Kier alpha value is -0.830. The lowest BCUT2D eigenvalue weighted by atomic mass is 10.1. The fourth-order valence-electron chi connectivity index (χ4n) is 2.94. The van der Waals surface area contributed by atoms with Crippen molar-refractivity contribution in [1.82, 2.24) is 20.3 Å². The molecule has 0 bridgehead atoms. The Morgan fingerprint density at radius 2 is 2.04 bits per heavy atom. The van der Waals surface area contributed by atoms with E-state index < -0.39 is 0 Å². The fraction of sp³-hybridized carbons (Fsp3) is 0.778. The summed E-state index contributed by atoms with van der Waals surface area (Å²) in [4.78, 5) is 9.62. The third-order valence-electron chi connectivity index (χ3n) is 4.33. The topological polar surface area (TPSA) is 56.9 Å². The van der Waals surface area contributed by atoms with E-state index in [0.29, 0.717) is 0 Å². The smallest absolute Gasteiger partial charge is 0.194 e. The second kappa shape index (κ2) is 12.5. The van der Waals surface area contributed by atoms with E-state index in [0.717, 1.165) is 63.4 Å². The zero-order valence-corrected chi connectivity index (χ0v) is 18.2. The standard InChI is InChI=1S/C18H33N5O.HI/c1-4-19-18(20-9-6-5-7-16(2)3)23-12-10-22(11-13-23)15-17-8-14-24-21-17;/h8,14,16H,4-7,9-13,15H2,1-3H3,(H,19,20);1H. The first-order valence-corrected chi connectivity index (χ1v) is 9.34. The first kappa shape index (κ1) is 22.2. The Kier molecular flexibility index (Phi) is 11.1. The molecular weight excluding hydrogens is 429 g/mol. The van der Waals surface area contributed by atoms with Gasteiger partial charge in [0.25, 0.3) is 0 Å². The second-order valence-electron chi connectivity index (χ2n) is 6.88. The summed E-state index contributed by atoms with van der Waals surface area (Å²) in [6, 6.07) is 1.94. The largest absolute Gasteiger partial charge is 0.364 e. The Labute approximate surface area is 169 Å². The lowest BCUT2D eigenvalue weighted by Gasteiger charge is -2.36. The number of halogens is 1. The summed E-state index contributed by atoms with van der Waals surface area (Å²) in [6.07, 6.45) is 5.39. The lowest BCUT2D eigenvalue weighted by molar-refractivity contribution is 0.169. The highest BCUT2D eigenvalue weighted by atomic mass is 127. The minimum atomic E-state index is 0. The Balaban J connectivity index is 0.00000312. The first-order valence-electron chi connectivity index (χ1n) is 9.34. The van der Waals surface area contributed by atoms with Crippen molar-refractivity contribution in [3.05, 3.63) is 18.0 Å². The van der Waals surface area contributed by atoms with Crippen LogP contribution in [0.3, 0.4) is 0 Å². The summed E-state index contributed by atoms with van der Waals surface area (Å²) in [5, 5.41) is 7.44. The number of nitrogens with one attached hydrogen (secondary N) is 1. The summed E-state index contributed by atoms with van der Waals surface area (Å²) in [7, 11) is 0. The van der Waals surface area contributed by atoms with Gasteiger partial charge in [0.1, 0.15) is 6.26 Å². The number of unbranched alkanes of at least 4 members (excludes halogenated alkanes) is 1. The van der Waals surface area contributed by atoms with Crippen molar-refractivity contribution in [2.75, 3.05) is 39.3 Å². The average Bonchev–Trinajstić information content (AvgIpc) is 3.07. The molecule has 0 aromatic carbocycles. The predicted octanol–water partition coefficient (Wildman–Crippen LogP) is 3.20. The number of nitrogens with zero attached hydrogens (tertiary/aromatic N) is 4. The van der Waals surface area contributed by atoms with E-state index in [1.54, 1.807) is 6.26 Å². The van der Waals surface area contributed by atoms with Gasteiger partial charge in [-0.1, -0.05) is 31.8 Å². The van der Waals surface area contributed by atoms with Crippen LogP contribution < -0.4 is 5.32 Å². The van der Waals surface area contributed by atoms with Crippen LogP contribution in [0.5, 0.6) is 0 Å². The van der Waals surface area contributed by atoms with E-state index in [2.05, 4.69) is 41.0 Å². The highest BCUT2D eigenvalue weighted by Crippen LogP contribution is 2.08. The molecule has 1 fully saturated rings. The minimum Gasteiger partial charge on any atom is -0.364 e. The summed E-state index contributed by atoms with van der Waals surface area (Å²) in [6.45, 7) is 13.5. The van der Waals surface area contributed by atoms with Crippen LogP contribution in [-0.2, 0) is 6.54 Å². The van der Waals surface area contributed by atoms with Crippen molar-refractivity contribution >= 4 is 29.9 Å². The number of rotatable bonds is 8. The van der Waals surface area contributed by atoms with Crippen molar-refractivity contribution in [2.45, 2.75) is 46.6 Å². The molecule has 1 aromatic heterocycles. The van der Waals surface area contributed by atoms with Crippen molar-refractivity contribution in [1.29, 1.82) is 0 Å². The zero-order chi connectivity index (χ0) is 17.2. The number of guanidine groups is 1. The van der Waals surface area contributed by atoms with Crippen molar-refractivity contribution in [2.24, 2.45) is 10.9 Å². The predicted molar refractivity (Wildman–Crippen MR) is 113 cm³/mol. The maximum atomic E-state index is 4.91. The van der Waals surface area contributed by atoms with E-state index in [1.807, 2.05) is 6.07 Å². The van der Waals surface area contributed by atoms with E-state index in [4.69, 9.17) is 9.52 Å². The summed E-state index contributed by atoms with van der Waals surface area (Å²) < 4.78 is 4.91. The first-order chi connectivity index (χ1) is 11.7. The van der Waals surface area contributed by atoms with Crippen LogP contribution in [0.4, 0.5) is 0 Å². The van der Waals surface area contributed by atoms with Gasteiger partial charge in [0.2, 0.25) is 0 Å². The molecule has 2 rings (SSSR count). The van der Waals surface area contributed by atoms with Crippen LogP contribution in [0, 0.1) is 5.92 Å². The third kappa shape index (κ3) is 8.40. The van der Waals surface area contributed by atoms with E-state index in [9.17, 15) is 0 Å². The number of hydrogen-bond acceptors (Lipinski definition) is 4. The molecule has 144 valence electrons. The third-order valence-corrected chi connectivity index (χ3v) is 4.33. The van der Waals surface area contributed by atoms with Gasteiger partial charge in [-0.25, -0.2) is 0 Å². The minimum absolute atomic E-state index is 0. The molecule has 0 aliphatic carbocycles. The van der Waals surface area contributed by atoms with Crippen LogP contribution >= 0.6 is 24.0 Å². The number of aromatic nitrogens is 1. The number of piperazine rings is 1. The molecular formula is C18H34IN5O. The van der Waals surface area contributed by atoms with Crippen LogP contribution in [0.15, 0.2) is 21.8 Å². The van der Waals surface area contributed by atoms with Gasteiger partial charge in [-0.05, 0) is 19.3 Å². The van der Waals surface area contributed by atoms with E-state index in [1.165, 1.54) is 19.3 Å². The summed E-state index contributed by atoms with van der Waals surface area (Å²) in [5.41, 5.74) is 1.01. The monoisotopic (exact) mass is 463 g/mol. The molecule has 0 atom stereocenters. The molecule has 1 N–H and O–H groups in total. The van der Waals surface area contributed by atoms with Gasteiger partial charge >= 0.3 is 0 Å².